The van der Waals surface area contributed by atoms with Crippen LogP contribution in [0.15, 0.2) is 11.2 Å². The summed E-state index contributed by atoms with van der Waals surface area (Å²) in [5.74, 6) is 1.15. The van der Waals surface area contributed by atoms with E-state index in [2.05, 4.69) is 10.2 Å². The molecule has 2 saturated heterocycles. The molecule has 2 aliphatic rings. The molecule has 0 radical (unpaired) electrons. The van der Waals surface area contributed by atoms with Crippen LogP contribution >= 0.6 is 11.8 Å². The third kappa shape index (κ3) is 4.47. The number of nitrogens with zero attached hydrogens (tertiary/aromatic N) is 4. The first kappa shape index (κ1) is 22.5. The molecule has 31 heavy (non-hydrogen) atoms. The molecular weight excluding hydrogens is 460 g/mol. The Bertz CT molecular complexity index is 1240. The summed E-state index contributed by atoms with van der Waals surface area (Å²) in [6.07, 6.45) is 1.11. The second-order valence-electron chi connectivity index (χ2n) is 8.42. The molecular formula is C19H26N4O5S3. The van der Waals surface area contributed by atoms with E-state index in [1.165, 1.54) is 11.8 Å². The Labute approximate surface area is 186 Å². The van der Waals surface area contributed by atoms with Gasteiger partial charge in [0.25, 0.3) is 0 Å². The molecule has 0 N–H and O–H groups in total. The number of carbonyl (C=O) groups is 1. The standard InChI is InChI=1S/C19H26N4O5S3/c1-12-8-16(13(2)23(12)15-5-7-31(27,28)11-15)17(24)9-29-19-21-20-18(22(19)3)14-4-6-30(25,26)10-14/h8,14-15H,4-7,9-11H2,1-3H3. The lowest BCUT2D eigenvalue weighted by Crippen LogP contribution is -2.14. The summed E-state index contributed by atoms with van der Waals surface area (Å²) in [6, 6.07) is 1.71. The summed E-state index contributed by atoms with van der Waals surface area (Å²) in [5, 5.41) is 8.90. The molecule has 4 heterocycles. The molecule has 0 spiro atoms. The van der Waals surface area contributed by atoms with Gasteiger partial charge in [-0.15, -0.1) is 10.2 Å². The fraction of sp³-hybridized carbons (Fsp3) is 0.632. The van der Waals surface area contributed by atoms with Crippen molar-refractivity contribution in [2.75, 3.05) is 28.8 Å². The van der Waals surface area contributed by atoms with Gasteiger partial charge in [0.1, 0.15) is 5.82 Å². The predicted octanol–water partition coefficient (Wildman–Crippen LogP) is 1.47. The number of carbonyl (C=O) groups excluding carboxylic acids is 1. The SMILES string of the molecule is Cc1cc(C(=O)CSc2nnc(C3CCS(=O)(=O)C3)n2C)c(C)n1C1CCS(=O)(=O)C1. The molecule has 170 valence electrons. The van der Waals surface area contributed by atoms with Gasteiger partial charge >= 0.3 is 0 Å². The molecule has 2 aromatic rings. The third-order valence-electron chi connectivity index (χ3n) is 6.16. The first-order valence-electron chi connectivity index (χ1n) is 10.1. The van der Waals surface area contributed by atoms with Crippen LogP contribution in [0.3, 0.4) is 0 Å². The topological polar surface area (TPSA) is 121 Å². The van der Waals surface area contributed by atoms with E-state index in [-0.39, 0.29) is 46.5 Å². The van der Waals surface area contributed by atoms with Gasteiger partial charge in [-0.2, -0.15) is 0 Å². The lowest BCUT2D eigenvalue weighted by Gasteiger charge is -2.16. The summed E-state index contributed by atoms with van der Waals surface area (Å²) in [5.41, 5.74) is 2.27. The van der Waals surface area contributed by atoms with E-state index in [4.69, 9.17) is 0 Å². The van der Waals surface area contributed by atoms with Crippen LogP contribution in [0.1, 0.15) is 52.4 Å². The summed E-state index contributed by atoms with van der Waals surface area (Å²) < 4.78 is 51.0. The van der Waals surface area contributed by atoms with Crippen LogP contribution in [0.2, 0.25) is 0 Å². The number of aryl methyl sites for hydroxylation is 1. The summed E-state index contributed by atoms with van der Waals surface area (Å²) in [7, 11) is -4.24. The lowest BCUT2D eigenvalue weighted by atomic mass is 10.1. The Morgan fingerprint density at radius 1 is 1.10 bits per heavy atom. The van der Waals surface area contributed by atoms with Crippen molar-refractivity contribution in [1.29, 1.82) is 0 Å². The fourth-order valence-corrected chi connectivity index (χ4v) is 8.85. The molecule has 0 aliphatic carbocycles. The Kier molecular flexibility index (Phi) is 5.84. The molecule has 9 nitrogen and oxygen atoms in total. The van der Waals surface area contributed by atoms with Crippen LogP contribution in [-0.4, -0.2) is 70.7 Å². The second kappa shape index (κ2) is 8.04. The zero-order valence-corrected chi connectivity index (χ0v) is 20.2. The molecule has 2 aliphatic heterocycles. The zero-order valence-electron chi connectivity index (χ0n) is 17.7. The molecule has 2 aromatic heterocycles. The Morgan fingerprint density at radius 3 is 2.39 bits per heavy atom. The van der Waals surface area contributed by atoms with Crippen molar-refractivity contribution in [2.24, 2.45) is 7.05 Å². The number of sulfone groups is 2. The lowest BCUT2D eigenvalue weighted by molar-refractivity contribution is 0.102. The van der Waals surface area contributed by atoms with Crippen molar-refractivity contribution in [1.82, 2.24) is 19.3 Å². The highest BCUT2D eigenvalue weighted by Crippen LogP contribution is 2.31. The maximum atomic E-state index is 12.9. The van der Waals surface area contributed by atoms with E-state index in [1.807, 2.05) is 24.5 Å². The third-order valence-corrected chi connectivity index (χ3v) is 10.7. The normalized spacial score (nSPS) is 24.6. The quantitative estimate of drug-likeness (QED) is 0.445. The molecule has 4 rings (SSSR count). The van der Waals surface area contributed by atoms with Crippen LogP contribution < -0.4 is 0 Å². The smallest absolute Gasteiger partial charge is 0.191 e. The average Bonchev–Trinajstić information content (AvgIpc) is 3.40. The van der Waals surface area contributed by atoms with Gasteiger partial charge in [0.05, 0.1) is 28.8 Å². The fourth-order valence-electron chi connectivity index (χ4n) is 4.61. The number of aromatic nitrogens is 4. The van der Waals surface area contributed by atoms with Gasteiger partial charge in [-0.05, 0) is 32.8 Å². The highest BCUT2D eigenvalue weighted by molar-refractivity contribution is 7.99. The molecule has 0 aromatic carbocycles. The van der Waals surface area contributed by atoms with Crippen LogP contribution in [0.5, 0.6) is 0 Å². The van der Waals surface area contributed by atoms with Gasteiger partial charge < -0.3 is 9.13 Å². The average molecular weight is 487 g/mol. The summed E-state index contributed by atoms with van der Waals surface area (Å²) in [4.78, 5) is 12.9. The van der Waals surface area contributed by atoms with E-state index in [0.717, 1.165) is 11.4 Å². The number of rotatable bonds is 6. The number of hydrogen-bond donors (Lipinski definition) is 0. The van der Waals surface area contributed by atoms with Crippen LogP contribution in [-0.2, 0) is 26.7 Å². The van der Waals surface area contributed by atoms with Crippen LogP contribution in [0, 0.1) is 13.8 Å². The van der Waals surface area contributed by atoms with Crippen molar-refractivity contribution >= 4 is 37.2 Å². The highest BCUT2D eigenvalue weighted by Gasteiger charge is 2.33. The van der Waals surface area contributed by atoms with Crippen molar-refractivity contribution < 1.29 is 21.6 Å². The largest absolute Gasteiger partial charge is 0.344 e. The van der Waals surface area contributed by atoms with Gasteiger partial charge in [-0.1, -0.05) is 11.8 Å². The van der Waals surface area contributed by atoms with Gasteiger partial charge in [-0.25, -0.2) is 16.8 Å². The molecule has 2 atom stereocenters. The number of thioether (sulfide) groups is 1. The zero-order chi connectivity index (χ0) is 22.6. The summed E-state index contributed by atoms with van der Waals surface area (Å²) in [6.45, 7) is 3.75. The van der Waals surface area contributed by atoms with E-state index in [0.29, 0.717) is 29.4 Å². The summed E-state index contributed by atoms with van der Waals surface area (Å²) >= 11 is 1.27. The van der Waals surface area contributed by atoms with Crippen LogP contribution in [0.25, 0.3) is 0 Å². The first-order chi connectivity index (χ1) is 14.5. The minimum atomic E-state index is -3.02. The van der Waals surface area contributed by atoms with Crippen LogP contribution in [0.4, 0.5) is 0 Å². The van der Waals surface area contributed by atoms with Gasteiger partial charge in [0, 0.05) is 36.0 Å². The second-order valence-corrected chi connectivity index (χ2v) is 13.8. The first-order valence-corrected chi connectivity index (χ1v) is 14.7. The number of hydrogen-bond acceptors (Lipinski definition) is 8. The minimum absolute atomic E-state index is 0.0572. The molecule has 0 bridgehead atoms. The van der Waals surface area contributed by atoms with Gasteiger partial charge in [0.15, 0.2) is 30.6 Å². The van der Waals surface area contributed by atoms with Crippen molar-refractivity contribution in [3.05, 3.63) is 28.8 Å². The van der Waals surface area contributed by atoms with Crippen molar-refractivity contribution in [3.63, 3.8) is 0 Å². The van der Waals surface area contributed by atoms with E-state index < -0.39 is 19.7 Å². The monoisotopic (exact) mass is 486 g/mol. The molecule has 12 heteroatoms. The van der Waals surface area contributed by atoms with E-state index in [1.54, 1.807) is 11.6 Å². The minimum Gasteiger partial charge on any atom is -0.344 e. The molecule has 0 amide bonds. The maximum Gasteiger partial charge on any atom is 0.191 e. The highest BCUT2D eigenvalue weighted by atomic mass is 32.2. The van der Waals surface area contributed by atoms with E-state index >= 15 is 0 Å². The number of ketones is 1. The molecule has 2 fully saturated rings. The van der Waals surface area contributed by atoms with Crippen molar-refractivity contribution in [2.45, 2.75) is 43.8 Å². The maximum absolute atomic E-state index is 12.9. The molecule has 2 unspecified atom stereocenters. The Hall–Kier alpha value is -1.66. The van der Waals surface area contributed by atoms with Gasteiger partial charge in [0.2, 0.25) is 0 Å². The van der Waals surface area contributed by atoms with E-state index in [9.17, 15) is 21.6 Å². The predicted molar refractivity (Wildman–Crippen MR) is 118 cm³/mol. The van der Waals surface area contributed by atoms with Crippen molar-refractivity contribution in [3.8, 4) is 0 Å². The van der Waals surface area contributed by atoms with Gasteiger partial charge in [-0.3, -0.25) is 4.79 Å². The number of Topliss-reactive ketones (excluding diaryl/α,β-unsaturated/α-hetero) is 1. The Morgan fingerprint density at radius 2 is 1.77 bits per heavy atom. The molecule has 0 saturated carbocycles. The Balaban J connectivity index is 1.46.